The molecule has 0 N–H and O–H groups in total. The van der Waals surface area contributed by atoms with Crippen LogP contribution >= 0.6 is 0 Å². The summed E-state index contributed by atoms with van der Waals surface area (Å²) in [4.78, 5) is 0. The van der Waals surface area contributed by atoms with E-state index in [1.807, 2.05) is 30.3 Å². The number of benzene rings is 1. The fraction of sp³-hybridized carbons (Fsp3) is 0.273. The standard InChI is InChI=1S/C8H8O.C3H8/c1-2-9-8-6-4-3-5-7-8;1-3-2/h2-7H,1H2;3H2,1-2H3. The first-order valence-corrected chi connectivity index (χ1v) is 4.17. The van der Waals surface area contributed by atoms with Crippen LogP contribution in [0.15, 0.2) is 43.2 Å². The van der Waals surface area contributed by atoms with Crippen LogP contribution in [0.4, 0.5) is 0 Å². The van der Waals surface area contributed by atoms with E-state index in [1.54, 1.807) is 0 Å². The van der Waals surface area contributed by atoms with Crippen molar-refractivity contribution in [1.29, 1.82) is 0 Å². The lowest BCUT2D eigenvalue weighted by Gasteiger charge is -1.95. The third kappa shape index (κ3) is 5.54. The minimum atomic E-state index is 0.826. The molecule has 1 rings (SSSR count). The zero-order valence-electron chi connectivity index (χ0n) is 7.79. The second-order valence-corrected chi connectivity index (χ2v) is 2.30. The Morgan fingerprint density at radius 2 is 1.75 bits per heavy atom. The first-order valence-electron chi connectivity index (χ1n) is 4.17. The van der Waals surface area contributed by atoms with Gasteiger partial charge < -0.3 is 4.74 Å². The summed E-state index contributed by atoms with van der Waals surface area (Å²) in [5.41, 5.74) is 0. The van der Waals surface area contributed by atoms with Crippen molar-refractivity contribution in [2.45, 2.75) is 20.3 Å². The molecule has 1 nitrogen and oxygen atoms in total. The van der Waals surface area contributed by atoms with Crippen LogP contribution in [-0.4, -0.2) is 0 Å². The fourth-order valence-electron chi connectivity index (χ4n) is 0.595. The molecular weight excluding hydrogens is 148 g/mol. The number of ether oxygens (including phenoxy) is 1. The number of para-hydroxylation sites is 1. The smallest absolute Gasteiger partial charge is 0.126 e. The zero-order chi connectivity index (χ0) is 9.23. The van der Waals surface area contributed by atoms with Gasteiger partial charge in [-0.1, -0.05) is 45.0 Å². The van der Waals surface area contributed by atoms with Crippen molar-refractivity contribution in [2.75, 3.05) is 0 Å². The van der Waals surface area contributed by atoms with Gasteiger partial charge in [0.25, 0.3) is 0 Å². The Morgan fingerprint density at radius 3 is 2.17 bits per heavy atom. The fourth-order valence-corrected chi connectivity index (χ4v) is 0.595. The maximum atomic E-state index is 4.97. The van der Waals surface area contributed by atoms with Gasteiger partial charge in [-0.2, -0.15) is 0 Å². The number of rotatable bonds is 2. The molecule has 0 saturated carbocycles. The highest BCUT2D eigenvalue weighted by molar-refractivity contribution is 5.21. The molecule has 1 heteroatoms. The molecular formula is C11H16O. The molecule has 0 amide bonds. The molecule has 0 unspecified atom stereocenters. The van der Waals surface area contributed by atoms with Crippen molar-refractivity contribution in [2.24, 2.45) is 0 Å². The molecule has 12 heavy (non-hydrogen) atoms. The zero-order valence-corrected chi connectivity index (χ0v) is 7.79. The summed E-state index contributed by atoms with van der Waals surface area (Å²) in [6.07, 6.45) is 2.66. The molecule has 0 radical (unpaired) electrons. The summed E-state index contributed by atoms with van der Waals surface area (Å²) >= 11 is 0. The van der Waals surface area contributed by atoms with Gasteiger partial charge in [0.1, 0.15) is 5.75 Å². The molecule has 0 spiro atoms. The molecule has 0 aliphatic heterocycles. The van der Waals surface area contributed by atoms with Crippen LogP contribution in [0, 0.1) is 0 Å². The van der Waals surface area contributed by atoms with Crippen LogP contribution in [0.5, 0.6) is 5.75 Å². The third-order valence-corrected chi connectivity index (χ3v) is 0.963. The molecule has 1 aromatic rings. The Kier molecular flexibility index (Phi) is 7.05. The average Bonchev–Trinajstić information content (AvgIpc) is 2.08. The van der Waals surface area contributed by atoms with Crippen LogP contribution in [0.1, 0.15) is 20.3 Å². The van der Waals surface area contributed by atoms with E-state index in [4.69, 9.17) is 4.74 Å². The van der Waals surface area contributed by atoms with E-state index in [9.17, 15) is 0 Å². The van der Waals surface area contributed by atoms with E-state index in [0.717, 1.165) is 5.75 Å². The van der Waals surface area contributed by atoms with Gasteiger partial charge in [0.05, 0.1) is 6.26 Å². The van der Waals surface area contributed by atoms with E-state index >= 15 is 0 Å². The quantitative estimate of drug-likeness (QED) is 0.606. The number of hydrogen-bond donors (Lipinski definition) is 0. The molecule has 0 aromatic heterocycles. The van der Waals surface area contributed by atoms with E-state index in [-0.39, 0.29) is 0 Å². The van der Waals surface area contributed by atoms with Crippen LogP contribution in [0.3, 0.4) is 0 Å². The monoisotopic (exact) mass is 164 g/mol. The first-order chi connectivity index (χ1) is 5.85. The summed E-state index contributed by atoms with van der Waals surface area (Å²) in [7, 11) is 0. The average molecular weight is 164 g/mol. The van der Waals surface area contributed by atoms with Gasteiger partial charge in [0.2, 0.25) is 0 Å². The highest BCUT2D eigenvalue weighted by Crippen LogP contribution is 2.07. The summed E-state index contributed by atoms with van der Waals surface area (Å²) in [6.45, 7) is 7.68. The van der Waals surface area contributed by atoms with Gasteiger partial charge in [-0.25, -0.2) is 0 Å². The van der Waals surface area contributed by atoms with E-state index in [1.165, 1.54) is 12.7 Å². The van der Waals surface area contributed by atoms with Gasteiger partial charge in [-0.15, -0.1) is 0 Å². The highest BCUT2D eigenvalue weighted by atomic mass is 16.5. The van der Waals surface area contributed by atoms with Crippen molar-refractivity contribution >= 4 is 0 Å². The highest BCUT2D eigenvalue weighted by Gasteiger charge is 1.82. The Balaban J connectivity index is 0.000000354. The lowest BCUT2D eigenvalue weighted by atomic mass is 10.3. The van der Waals surface area contributed by atoms with Crippen LogP contribution < -0.4 is 4.74 Å². The normalized spacial score (nSPS) is 7.83. The van der Waals surface area contributed by atoms with Crippen molar-refractivity contribution in [1.82, 2.24) is 0 Å². The largest absolute Gasteiger partial charge is 0.466 e. The summed E-state index contributed by atoms with van der Waals surface area (Å²) in [5.74, 6) is 0.826. The Labute approximate surface area is 74.7 Å². The Bertz CT molecular complexity index is 191. The maximum Gasteiger partial charge on any atom is 0.126 e. The van der Waals surface area contributed by atoms with E-state index in [2.05, 4.69) is 20.4 Å². The number of hydrogen-bond acceptors (Lipinski definition) is 1. The van der Waals surface area contributed by atoms with Crippen LogP contribution in [-0.2, 0) is 0 Å². The SMILES string of the molecule is C=COc1ccccc1.CCC. The molecule has 0 heterocycles. The molecule has 0 fully saturated rings. The van der Waals surface area contributed by atoms with Crippen LogP contribution in [0.25, 0.3) is 0 Å². The molecule has 1 aromatic carbocycles. The molecule has 0 saturated heterocycles. The van der Waals surface area contributed by atoms with Gasteiger partial charge in [-0.3, -0.25) is 0 Å². The minimum absolute atomic E-state index is 0.826. The molecule has 0 aliphatic carbocycles. The molecule has 0 atom stereocenters. The van der Waals surface area contributed by atoms with Crippen molar-refractivity contribution in [3.8, 4) is 5.75 Å². The first kappa shape index (κ1) is 10.8. The van der Waals surface area contributed by atoms with Crippen molar-refractivity contribution < 1.29 is 4.74 Å². The summed E-state index contributed by atoms with van der Waals surface area (Å²) < 4.78 is 4.97. The maximum absolute atomic E-state index is 4.97. The lowest BCUT2D eigenvalue weighted by molar-refractivity contribution is 0.483. The van der Waals surface area contributed by atoms with Crippen molar-refractivity contribution in [3.05, 3.63) is 43.2 Å². The molecule has 0 aliphatic rings. The van der Waals surface area contributed by atoms with Gasteiger partial charge in [0, 0.05) is 0 Å². The summed E-state index contributed by atoms with van der Waals surface area (Å²) in [5, 5.41) is 0. The second kappa shape index (κ2) is 7.86. The summed E-state index contributed by atoms with van der Waals surface area (Å²) in [6, 6.07) is 9.52. The molecule has 0 bridgehead atoms. The van der Waals surface area contributed by atoms with E-state index in [0.29, 0.717) is 0 Å². The predicted octanol–water partition coefficient (Wildman–Crippen LogP) is 3.63. The third-order valence-electron chi connectivity index (χ3n) is 0.963. The van der Waals surface area contributed by atoms with Crippen LogP contribution in [0.2, 0.25) is 0 Å². The Morgan fingerprint density at radius 1 is 1.25 bits per heavy atom. The topological polar surface area (TPSA) is 9.23 Å². The van der Waals surface area contributed by atoms with Gasteiger partial charge in [-0.05, 0) is 12.1 Å². The van der Waals surface area contributed by atoms with E-state index < -0.39 is 0 Å². The van der Waals surface area contributed by atoms with Gasteiger partial charge in [0.15, 0.2) is 0 Å². The van der Waals surface area contributed by atoms with Crippen molar-refractivity contribution in [3.63, 3.8) is 0 Å². The second-order valence-electron chi connectivity index (χ2n) is 2.30. The Hall–Kier alpha value is -1.24. The minimum Gasteiger partial charge on any atom is -0.466 e. The van der Waals surface area contributed by atoms with Gasteiger partial charge >= 0.3 is 0 Å². The molecule has 66 valence electrons. The predicted molar refractivity (Wildman–Crippen MR) is 53.2 cm³/mol. The lowest BCUT2D eigenvalue weighted by Crippen LogP contribution is -1.76.